The number of pyridine rings is 1. The number of nitrogens with one attached hydrogen (secondary N) is 2. The van der Waals surface area contributed by atoms with Crippen molar-refractivity contribution in [3.05, 3.63) is 53.2 Å². The minimum absolute atomic E-state index is 0.102. The number of aliphatic imine (C=N–C) groups is 1. The van der Waals surface area contributed by atoms with Crippen LogP contribution in [0.1, 0.15) is 18.4 Å². The molecular weight excluding hydrogens is 432 g/mol. The maximum atomic E-state index is 13.0. The van der Waals surface area contributed by atoms with Crippen LogP contribution in [0, 0.1) is 12.8 Å². The molecule has 0 bridgehead atoms. The first-order valence-corrected chi connectivity index (χ1v) is 10.7. The van der Waals surface area contributed by atoms with E-state index in [4.69, 9.17) is 11.6 Å². The number of hydrogen-bond acceptors (Lipinski definition) is 6. The Hall–Kier alpha value is -3.46. The largest absolute Gasteiger partial charge is 0.336 e. The minimum Gasteiger partial charge on any atom is -0.336 e. The van der Waals surface area contributed by atoms with Crippen LogP contribution < -0.4 is 15.8 Å². The molecule has 2 aliphatic heterocycles. The van der Waals surface area contributed by atoms with Crippen LogP contribution in [0.2, 0.25) is 5.02 Å². The van der Waals surface area contributed by atoms with Gasteiger partial charge in [0, 0.05) is 25.2 Å². The zero-order valence-corrected chi connectivity index (χ0v) is 18.3. The summed E-state index contributed by atoms with van der Waals surface area (Å²) in [5.74, 6) is -0.304. The average Bonchev–Trinajstić information content (AvgIpc) is 2.81. The Morgan fingerprint density at radius 3 is 2.50 bits per heavy atom. The van der Waals surface area contributed by atoms with Gasteiger partial charge in [0.1, 0.15) is 12.4 Å². The molecule has 1 aromatic heterocycles. The van der Waals surface area contributed by atoms with Crippen LogP contribution in [-0.2, 0) is 14.4 Å². The highest BCUT2D eigenvalue weighted by Gasteiger charge is 2.32. The van der Waals surface area contributed by atoms with Crippen molar-refractivity contribution in [1.29, 1.82) is 0 Å². The fraction of sp³-hybridized carbons (Fsp3) is 0.318. The lowest BCUT2D eigenvalue weighted by Gasteiger charge is -2.34. The molecule has 3 heterocycles. The number of halogens is 1. The van der Waals surface area contributed by atoms with Gasteiger partial charge in [-0.15, -0.1) is 0 Å². The van der Waals surface area contributed by atoms with E-state index in [0.717, 1.165) is 5.56 Å². The summed E-state index contributed by atoms with van der Waals surface area (Å²) < 4.78 is 0. The number of anilines is 2. The molecule has 4 rings (SSSR count). The smallest absolute Gasteiger partial charge is 0.290 e. The number of likely N-dealkylation sites (tertiary alicyclic amines) is 1. The van der Waals surface area contributed by atoms with Crippen molar-refractivity contribution in [1.82, 2.24) is 15.3 Å². The summed E-state index contributed by atoms with van der Waals surface area (Å²) in [6.07, 6.45) is 2.53. The topological polar surface area (TPSA) is 107 Å². The van der Waals surface area contributed by atoms with Crippen molar-refractivity contribution >= 4 is 46.7 Å². The van der Waals surface area contributed by atoms with E-state index in [1.54, 1.807) is 17.0 Å². The first-order valence-electron chi connectivity index (χ1n) is 10.3. The molecule has 2 aliphatic rings. The monoisotopic (exact) mass is 454 g/mol. The molecule has 0 saturated carbocycles. The molecular formula is C22H23ClN6O3. The molecule has 3 amide bonds. The van der Waals surface area contributed by atoms with Gasteiger partial charge in [0.05, 0.1) is 10.7 Å². The lowest BCUT2D eigenvalue weighted by atomic mass is 9.96. The number of carbonyl (C=O) groups excluding carboxylic acids is 3. The highest BCUT2D eigenvalue weighted by atomic mass is 35.5. The minimum atomic E-state index is -0.284. The van der Waals surface area contributed by atoms with E-state index in [2.05, 4.69) is 20.7 Å². The molecule has 166 valence electrons. The van der Waals surface area contributed by atoms with E-state index in [1.807, 2.05) is 31.2 Å². The molecule has 2 N–H and O–H groups in total. The Labute approximate surface area is 190 Å². The summed E-state index contributed by atoms with van der Waals surface area (Å²) in [6.45, 7) is 2.70. The van der Waals surface area contributed by atoms with Crippen LogP contribution in [0.4, 0.5) is 11.5 Å². The number of rotatable bonds is 4. The molecule has 1 aromatic carbocycles. The van der Waals surface area contributed by atoms with Gasteiger partial charge in [0.2, 0.25) is 11.7 Å². The normalized spacial score (nSPS) is 16.9. The van der Waals surface area contributed by atoms with Gasteiger partial charge >= 0.3 is 0 Å². The molecule has 10 heteroatoms. The second-order valence-corrected chi connectivity index (χ2v) is 8.20. The summed E-state index contributed by atoms with van der Waals surface area (Å²) >= 11 is 5.82. The number of hydrazine groups is 1. The lowest BCUT2D eigenvalue weighted by Crippen LogP contribution is -2.57. The first-order chi connectivity index (χ1) is 15.4. The van der Waals surface area contributed by atoms with Gasteiger partial charge in [-0.3, -0.25) is 24.8 Å². The first kappa shape index (κ1) is 21.8. The highest BCUT2D eigenvalue weighted by molar-refractivity contribution is 6.39. The number of piperidine rings is 1. The quantitative estimate of drug-likeness (QED) is 0.736. The molecule has 1 saturated heterocycles. The number of amidine groups is 1. The lowest BCUT2D eigenvalue weighted by molar-refractivity contribution is -0.129. The number of hydrogen-bond donors (Lipinski definition) is 2. The molecule has 2 aromatic rings. The van der Waals surface area contributed by atoms with E-state index >= 15 is 0 Å². The maximum absolute atomic E-state index is 13.0. The van der Waals surface area contributed by atoms with Gasteiger partial charge in [0.25, 0.3) is 11.8 Å². The number of nitrogens with zero attached hydrogens (tertiary/aromatic N) is 4. The Balaban J connectivity index is 1.33. The van der Waals surface area contributed by atoms with Gasteiger partial charge in [-0.25, -0.2) is 9.99 Å². The third-order valence-corrected chi connectivity index (χ3v) is 5.69. The highest BCUT2D eigenvalue weighted by Crippen LogP contribution is 2.21. The molecule has 0 atom stereocenters. The van der Waals surface area contributed by atoms with Gasteiger partial charge < -0.3 is 10.2 Å². The van der Waals surface area contributed by atoms with Crippen LogP contribution >= 0.6 is 11.6 Å². The van der Waals surface area contributed by atoms with Crippen LogP contribution in [-0.4, -0.2) is 53.1 Å². The standard InChI is InChI=1S/C22H23ClN6O3/c1-14-2-5-17(6-3-14)29-19(30)13-25-20(27-29)22(32)28-10-8-15(9-11-28)21(31)26-18-7-4-16(23)12-24-18/h2-7,12,15H,8-11,13H2,1H3,(H,25,27)(H,24,26,31). The average molecular weight is 455 g/mol. The Morgan fingerprint density at radius 1 is 1.12 bits per heavy atom. The molecule has 9 nitrogen and oxygen atoms in total. The maximum Gasteiger partial charge on any atom is 0.290 e. The van der Waals surface area contributed by atoms with Crippen molar-refractivity contribution in [2.24, 2.45) is 10.9 Å². The fourth-order valence-corrected chi connectivity index (χ4v) is 3.72. The zero-order valence-electron chi connectivity index (χ0n) is 17.5. The van der Waals surface area contributed by atoms with E-state index in [1.165, 1.54) is 11.2 Å². The summed E-state index contributed by atoms with van der Waals surface area (Å²) in [5, 5.41) is 4.63. The Morgan fingerprint density at radius 2 is 1.84 bits per heavy atom. The van der Waals surface area contributed by atoms with E-state index in [9.17, 15) is 14.4 Å². The third-order valence-electron chi connectivity index (χ3n) is 5.47. The number of benzene rings is 1. The third kappa shape index (κ3) is 4.88. The van der Waals surface area contributed by atoms with Crippen molar-refractivity contribution in [2.45, 2.75) is 19.8 Å². The van der Waals surface area contributed by atoms with Gasteiger partial charge in [-0.1, -0.05) is 29.3 Å². The predicted molar refractivity (Wildman–Crippen MR) is 121 cm³/mol. The number of aryl methyl sites for hydroxylation is 1. The van der Waals surface area contributed by atoms with Crippen LogP contribution in [0.3, 0.4) is 0 Å². The summed E-state index contributed by atoms with van der Waals surface area (Å²) in [5.41, 5.74) is 4.57. The Kier molecular flexibility index (Phi) is 6.36. The molecule has 32 heavy (non-hydrogen) atoms. The number of aromatic nitrogens is 1. The molecule has 0 spiro atoms. The van der Waals surface area contributed by atoms with Crippen molar-refractivity contribution in [2.75, 3.05) is 30.0 Å². The fourth-order valence-electron chi connectivity index (χ4n) is 3.61. The second kappa shape index (κ2) is 9.35. The molecule has 1 fully saturated rings. The van der Waals surface area contributed by atoms with Crippen molar-refractivity contribution in [3.63, 3.8) is 0 Å². The van der Waals surface area contributed by atoms with Crippen LogP contribution in [0.25, 0.3) is 0 Å². The van der Waals surface area contributed by atoms with Gasteiger partial charge in [-0.05, 0) is 44.0 Å². The number of amides is 3. The van der Waals surface area contributed by atoms with Crippen molar-refractivity contribution < 1.29 is 14.4 Å². The predicted octanol–water partition coefficient (Wildman–Crippen LogP) is 2.17. The molecule has 0 unspecified atom stereocenters. The van der Waals surface area contributed by atoms with Gasteiger partial charge in [0.15, 0.2) is 0 Å². The second-order valence-electron chi connectivity index (χ2n) is 7.76. The SMILES string of the molecule is Cc1ccc(N2NC(C(=O)N3CCC(C(=O)Nc4ccc(Cl)cn4)CC3)=NCC2=O)cc1. The van der Waals surface area contributed by atoms with E-state index in [-0.39, 0.29) is 36.0 Å². The Bertz CT molecular complexity index is 1050. The van der Waals surface area contributed by atoms with E-state index < -0.39 is 0 Å². The zero-order chi connectivity index (χ0) is 22.7. The number of carbonyl (C=O) groups is 3. The summed E-state index contributed by atoms with van der Waals surface area (Å²) in [7, 11) is 0. The van der Waals surface area contributed by atoms with Gasteiger partial charge in [-0.2, -0.15) is 0 Å². The van der Waals surface area contributed by atoms with Crippen LogP contribution in [0.5, 0.6) is 0 Å². The van der Waals surface area contributed by atoms with Crippen LogP contribution in [0.15, 0.2) is 47.6 Å². The van der Waals surface area contributed by atoms with E-state index in [0.29, 0.717) is 42.5 Å². The summed E-state index contributed by atoms with van der Waals surface area (Å²) in [4.78, 5) is 47.6. The van der Waals surface area contributed by atoms with Crippen molar-refractivity contribution in [3.8, 4) is 0 Å². The molecule has 0 aliphatic carbocycles. The summed E-state index contributed by atoms with van der Waals surface area (Å²) in [6, 6.07) is 10.7. The molecule has 0 radical (unpaired) electrons.